The predicted molar refractivity (Wildman–Crippen MR) is 89.5 cm³/mol. The molecule has 0 spiro atoms. The second kappa shape index (κ2) is 6.27. The number of aliphatic hydroxyl groups excluding tert-OH is 1. The summed E-state index contributed by atoms with van der Waals surface area (Å²) in [4.78, 5) is 0.134. The first-order valence-electron chi connectivity index (χ1n) is 7.63. The Labute approximate surface area is 141 Å². The van der Waals surface area contributed by atoms with E-state index in [0.717, 1.165) is 4.31 Å². The van der Waals surface area contributed by atoms with E-state index < -0.39 is 27.8 Å². The SMILES string of the molecule is N[C@H]1CN(S(=O)(=O)c2ccccc2)C[C@H](O)[C@@]1(O)c1ccccc1. The lowest BCUT2D eigenvalue weighted by atomic mass is 9.79. The first-order chi connectivity index (χ1) is 11.4. The van der Waals surface area contributed by atoms with Gasteiger partial charge in [0.2, 0.25) is 10.0 Å². The summed E-state index contributed by atoms with van der Waals surface area (Å²) < 4.78 is 26.5. The molecule has 0 aliphatic carbocycles. The largest absolute Gasteiger partial charge is 0.388 e. The number of rotatable bonds is 3. The van der Waals surface area contributed by atoms with Crippen LogP contribution in [-0.2, 0) is 15.6 Å². The summed E-state index contributed by atoms with van der Waals surface area (Å²) in [6.45, 7) is -0.310. The van der Waals surface area contributed by atoms with Gasteiger partial charge in [-0.05, 0) is 17.7 Å². The molecule has 0 amide bonds. The maximum absolute atomic E-state index is 12.7. The van der Waals surface area contributed by atoms with Gasteiger partial charge in [-0.3, -0.25) is 0 Å². The second-order valence-electron chi connectivity index (χ2n) is 5.95. The number of aliphatic hydroxyl groups is 2. The van der Waals surface area contributed by atoms with Gasteiger partial charge in [-0.15, -0.1) is 0 Å². The van der Waals surface area contributed by atoms with Gasteiger partial charge in [0, 0.05) is 13.1 Å². The van der Waals surface area contributed by atoms with Gasteiger partial charge < -0.3 is 15.9 Å². The fourth-order valence-electron chi connectivity index (χ4n) is 3.06. The molecule has 0 bridgehead atoms. The molecule has 3 atom stereocenters. The van der Waals surface area contributed by atoms with E-state index in [9.17, 15) is 18.6 Å². The van der Waals surface area contributed by atoms with Crippen molar-refractivity contribution in [2.24, 2.45) is 5.73 Å². The van der Waals surface area contributed by atoms with E-state index in [2.05, 4.69) is 0 Å². The van der Waals surface area contributed by atoms with Gasteiger partial charge >= 0.3 is 0 Å². The number of benzene rings is 2. The van der Waals surface area contributed by atoms with Crippen molar-refractivity contribution in [3.05, 3.63) is 66.2 Å². The maximum atomic E-state index is 12.7. The summed E-state index contributed by atoms with van der Waals surface area (Å²) in [5, 5.41) is 21.4. The van der Waals surface area contributed by atoms with Crippen molar-refractivity contribution >= 4 is 10.0 Å². The molecule has 2 aromatic carbocycles. The van der Waals surface area contributed by atoms with Crippen LogP contribution in [0.25, 0.3) is 0 Å². The molecule has 6 nitrogen and oxygen atoms in total. The van der Waals surface area contributed by atoms with Crippen molar-refractivity contribution < 1.29 is 18.6 Å². The Morgan fingerprint density at radius 3 is 2.08 bits per heavy atom. The third kappa shape index (κ3) is 2.74. The number of piperidine rings is 1. The third-order valence-corrected chi connectivity index (χ3v) is 6.31. The molecule has 1 heterocycles. The van der Waals surface area contributed by atoms with Gasteiger partial charge in [0.1, 0.15) is 11.7 Å². The Morgan fingerprint density at radius 1 is 1.00 bits per heavy atom. The average Bonchev–Trinajstić information content (AvgIpc) is 2.60. The number of hydrogen-bond donors (Lipinski definition) is 3. The van der Waals surface area contributed by atoms with Crippen LogP contribution in [-0.4, -0.2) is 48.2 Å². The van der Waals surface area contributed by atoms with Gasteiger partial charge in [-0.25, -0.2) is 8.42 Å². The standard InChI is InChI=1S/C17H20N2O4S/c18-15-11-19(24(22,23)14-9-5-2-6-10-14)12-16(20)17(15,21)13-7-3-1-4-8-13/h1-10,15-16,20-21H,11-12,18H2/t15-,16-,17+/m0/s1. The lowest BCUT2D eigenvalue weighted by molar-refractivity contribution is -0.124. The van der Waals surface area contributed by atoms with Crippen LogP contribution in [0.5, 0.6) is 0 Å². The molecule has 1 fully saturated rings. The molecule has 2 aromatic rings. The molecule has 1 aliphatic rings. The Bertz CT molecular complexity index is 784. The average molecular weight is 348 g/mol. The van der Waals surface area contributed by atoms with E-state index in [1.807, 2.05) is 0 Å². The smallest absolute Gasteiger partial charge is 0.243 e. The van der Waals surface area contributed by atoms with Crippen molar-refractivity contribution in [2.45, 2.75) is 22.6 Å². The predicted octanol–water partition coefficient (Wildman–Crippen LogP) is 0.267. The van der Waals surface area contributed by atoms with Crippen molar-refractivity contribution in [3.63, 3.8) is 0 Å². The van der Waals surface area contributed by atoms with Crippen LogP contribution in [0.15, 0.2) is 65.6 Å². The zero-order chi connectivity index (χ0) is 17.4. The van der Waals surface area contributed by atoms with E-state index in [-0.39, 0.29) is 18.0 Å². The summed E-state index contributed by atoms with van der Waals surface area (Å²) in [5.74, 6) is 0. The fourth-order valence-corrected chi connectivity index (χ4v) is 4.56. The molecule has 128 valence electrons. The Kier molecular flexibility index (Phi) is 4.46. The minimum Gasteiger partial charge on any atom is -0.388 e. The first-order valence-corrected chi connectivity index (χ1v) is 9.07. The minimum absolute atomic E-state index is 0.0836. The highest BCUT2D eigenvalue weighted by Gasteiger charge is 2.50. The van der Waals surface area contributed by atoms with Gasteiger partial charge in [0.05, 0.1) is 10.9 Å². The van der Waals surface area contributed by atoms with Crippen molar-refractivity contribution in [1.82, 2.24) is 4.31 Å². The van der Waals surface area contributed by atoms with Gasteiger partial charge in [0.25, 0.3) is 0 Å². The van der Waals surface area contributed by atoms with Crippen molar-refractivity contribution in [2.75, 3.05) is 13.1 Å². The Balaban J connectivity index is 1.92. The highest BCUT2D eigenvalue weighted by molar-refractivity contribution is 7.89. The van der Waals surface area contributed by atoms with Crippen LogP contribution >= 0.6 is 0 Å². The van der Waals surface area contributed by atoms with E-state index >= 15 is 0 Å². The monoisotopic (exact) mass is 348 g/mol. The molecule has 0 radical (unpaired) electrons. The molecule has 3 rings (SSSR count). The molecule has 0 aromatic heterocycles. The lowest BCUT2D eigenvalue weighted by Crippen LogP contribution is -2.66. The molecule has 4 N–H and O–H groups in total. The van der Waals surface area contributed by atoms with Gasteiger partial charge in [-0.1, -0.05) is 48.5 Å². The zero-order valence-corrected chi connectivity index (χ0v) is 13.8. The second-order valence-corrected chi connectivity index (χ2v) is 7.89. The highest BCUT2D eigenvalue weighted by atomic mass is 32.2. The van der Waals surface area contributed by atoms with E-state index in [4.69, 9.17) is 5.73 Å². The van der Waals surface area contributed by atoms with Crippen LogP contribution in [0, 0.1) is 0 Å². The summed E-state index contributed by atoms with van der Waals surface area (Å²) >= 11 is 0. The highest BCUT2D eigenvalue weighted by Crippen LogP contribution is 2.34. The molecule has 0 unspecified atom stereocenters. The van der Waals surface area contributed by atoms with E-state index in [0.29, 0.717) is 5.56 Å². The van der Waals surface area contributed by atoms with Crippen LogP contribution in [0.4, 0.5) is 0 Å². The topological polar surface area (TPSA) is 104 Å². The normalized spacial score (nSPS) is 28.6. The molecule has 1 aliphatic heterocycles. The fraction of sp³-hybridized carbons (Fsp3) is 0.294. The Morgan fingerprint density at radius 2 is 1.54 bits per heavy atom. The lowest BCUT2D eigenvalue weighted by Gasteiger charge is -2.45. The summed E-state index contributed by atoms with van der Waals surface area (Å²) in [5.41, 5.74) is 4.87. The maximum Gasteiger partial charge on any atom is 0.243 e. The minimum atomic E-state index is -3.78. The number of hydrogen-bond acceptors (Lipinski definition) is 5. The van der Waals surface area contributed by atoms with Crippen LogP contribution < -0.4 is 5.73 Å². The molecule has 1 saturated heterocycles. The molecule has 0 saturated carbocycles. The molecule has 24 heavy (non-hydrogen) atoms. The quantitative estimate of drug-likeness (QED) is 0.738. The number of sulfonamides is 1. The number of nitrogens with zero attached hydrogens (tertiary/aromatic N) is 1. The van der Waals surface area contributed by atoms with Crippen LogP contribution in [0.1, 0.15) is 5.56 Å². The third-order valence-electron chi connectivity index (χ3n) is 4.47. The van der Waals surface area contributed by atoms with Crippen LogP contribution in [0.2, 0.25) is 0 Å². The summed E-state index contributed by atoms with van der Waals surface area (Å²) in [6.07, 6.45) is -1.33. The molecule has 7 heteroatoms. The van der Waals surface area contributed by atoms with Crippen molar-refractivity contribution in [1.29, 1.82) is 0 Å². The zero-order valence-electron chi connectivity index (χ0n) is 13.0. The Hall–Kier alpha value is -1.77. The number of β-amino-alcohol motifs (C(OH)–C–C–N with tert-alkyl or cyclic N) is 1. The number of nitrogens with two attached hydrogens (primary N) is 1. The van der Waals surface area contributed by atoms with Gasteiger partial charge in [0.15, 0.2) is 0 Å². The van der Waals surface area contributed by atoms with Crippen molar-refractivity contribution in [3.8, 4) is 0 Å². The first kappa shape index (κ1) is 17.1. The molecular weight excluding hydrogens is 328 g/mol. The summed E-state index contributed by atoms with van der Waals surface area (Å²) in [6, 6.07) is 15.6. The molecular formula is C17H20N2O4S. The van der Waals surface area contributed by atoms with E-state index in [1.54, 1.807) is 48.5 Å². The van der Waals surface area contributed by atoms with Gasteiger partial charge in [-0.2, -0.15) is 4.31 Å². The van der Waals surface area contributed by atoms with Crippen LogP contribution in [0.3, 0.4) is 0 Å². The summed E-state index contributed by atoms with van der Waals surface area (Å²) in [7, 11) is -3.78. The van der Waals surface area contributed by atoms with E-state index in [1.165, 1.54) is 12.1 Å².